The number of hydrogen-bond acceptors (Lipinski definition) is 6. The number of nitrogens with one attached hydrogen (secondary N) is 1. The lowest BCUT2D eigenvalue weighted by Crippen LogP contribution is -2.02. The molecule has 0 aliphatic heterocycles. The fourth-order valence-electron chi connectivity index (χ4n) is 1.22. The van der Waals surface area contributed by atoms with Gasteiger partial charge in [0.25, 0.3) is 0 Å². The predicted molar refractivity (Wildman–Crippen MR) is 67.7 cm³/mol. The molecule has 2 aromatic heterocycles. The maximum absolute atomic E-state index is 5.81. The first-order valence-electron chi connectivity index (χ1n) is 5.08. The second-order valence-corrected chi connectivity index (χ2v) is 4.40. The Bertz CT molecular complexity index is 491. The molecule has 0 amide bonds. The van der Waals surface area contributed by atoms with Crippen LogP contribution < -0.4 is 10.1 Å². The Labute approximate surface area is 108 Å². The minimum absolute atomic E-state index is 0.348. The summed E-state index contributed by atoms with van der Waals surface area (Å²) in [5.41, 5.74) is 0.789. The Morgan fingerprint density at radius 2 is 2.35 bits per heavy atom. The summed E-state index contributed by atoms with van der Waals surface area (Å²) in [7, 11) is 0. The van der Waals surface area contributed by atoms with Gasteiger partial charge in [-0.3, -0.25) is 4.98 Å². The first-order valence-corrected chi connectivity index (χ1v) is 6.23. The van der Waals surface area contributed by atoms with Crippen LogP contribution in [0.2, 0.25) is 5.02 Å². The van der Waals surface area contributed by atoms with Gasteiger partial charge in [-0.1, -0.05) is 16.1 Å². The number of aromatic nitrogens is 3. The highest BCUT2D eigenvalue weighted by atomic mass is 35.5. The number of ether oxygens (including phenoxy) is 1. The Morgan fingerprint density at radius 1 is 1.47 bits per heavy atom. The maximum Gasteiger partial charge on any atom is 0.139 e. The molecule has 2 heterocycles. The zero-order chi connectivity index (χ0) is 12.1. The highest BCUT2D eigenvalue weighted by molar-refractivity contribution is 7.10. The summed E-state index contributed by atoms with van der Waals surface area (Å²) in [5.74, 6) is 0.618. The van der Waals surface area contributed by atoms with E-state index in [0.29, 0.717) is 17.4 Å². The van der Waals surface area contributed by atoms with E-state index in [1.165, 1.54) is 11.5 Å². The number of rotatable bonds is 5. The van der Waals surface area contributed by atoms with Crippen molar-refractivity contribution < 1.29 is 4.74 Å². The van der Waals surface area contributed by atoms with Crippen LogP contribution >= 0.6 is 23.1 Å². The molecular formula is C10H11ClN4OS. The Hall–Kier alpha value is -1.40. The number of halogens is 1. The van der Waals surface area contributed by atoms with Gasteiger partial charge in [-0.15, -0.1) is 5.10 Å². The van der Waals surface area contributed by atoms with E-state index in [0.717, 1.165) is 17.2 Å². The molecule has 0 aromatic carbocycles. The fraction of sp³-hybridized carbons (Fsp3) is 0.300. The number of hydrogen-bond donors (Lipinski definition) is 1. The Balaban J connectivity index is 1.99. The molecule has 2 aromatic rings. The van der Waals surface area contributed by atoms with Gasteiger partial charge < -0.3 is 10.1 Å². The SMILES string of the molecule is CCNc1snnc1COc1cncc(Cl)c1. The molecule has 7 heteroatoms. The zero-order valence-corrected chi connectivity index (χ0v) is 10.8. The highest BCUT2D eigenvalue weighted by Crippen LogP contribution is 2.20. The largest absolute Gasteiger partial charge is 0.485 e. The van der Waals surface area contributed by atoms with Gasteiger partial charge in [-0.05, 0) is 6.92 Å². The third-order valence-electron chi connectivity index (χ3n) is 1.95. The van der Waals surface area contributed by atoms with Crippen molar-refractivity contribution in [3.8, 4) is 5.75 Å². The van der Waals surface area contributed by atoms with Crippen LogP contribution in [0.25, 0.3) is 0 Å². The summed E-state index contributed by atoms with van der Waals surface area (Å²) in [6, 6.07) is 1.71. The van der Waals surface area contributed by atoms with E-state index in [-0.39, 0.29) is 0 Å². The minimum Gasteiger partial charge on any atom is -0.485 e. The summed E-state index contributed by atoms with van der Waals surface area (Å²) in [6.07, 6.45) is 3.17. The second kappa shape index (κ2) is 5.79. The molecule has 5 nitrogen and oxygen atoms in total. The molecule has 0 saturated carbocycles. The third kappa shape index (κ3) is 3.28. The number of anilines is 1. The maximum atomic E-state index is 5.81. The minimum atomic E-state index is 0.348. The van der Waals surface area contributed by atoms with Crippen LogP contribution in [0, 0.1) is 0 Å². The molecular weight excluding hydrogens is 260 g/mol. The zero-order valence-electron chi connectivity index (χ0n) is 9.18. The van der Waals surface area contributed by atoms with E-state index in [9.17, 15) is 0 Å². The van der Waals surface area contributed by atoms with Crippen molar-refractivity contribution >= 4 is 28.1 Å². The summed E-state index contributed by atoms with van der Waals surface area (Å²) in [5, 5.41) is 8.66. The molecule has 1 N–H and O–H groups in total. The summed E-state index contributed by atoms with van der Waals surface area (Å²) >= 11 is 7.12. The van der Waals surface area contributed by atoms with Crippen LogP contribution in [-0.2, 0) is 6.61 Å². The number of pyridine rings is 1. The molecule has 0 saturated heterocycles. The average Bonchev–Trinajstić information content (AvgIpc) is 2.75. The quantitative estimate of drug-likeness (QED) is 0.905. The van der Waals surface area contributed by atoms with Crippen LogP contribution in [0.1, 0.15) is 12.6 Å². The fourth-order valence-corrected chi connectivity index (χ4v) is 2.02. The smallest absolute Gasteiger partial charge is 0.139 e. The van der Waals surface area contributed by atoms with Crippen molar-refractivity contribution in [2.75, 3.05) is 11.9 Å². The molecule has 0 spiro atoms. The summed E-state index contributed by atoms with van der Waals surface area (Å²) in [4.78, 5) is 3.94. The van der Waals surface area contributed by atoms with Crippen molar-refractivity contribution in [1.82, 2.24) is 14.6 Å². The van der Waals surface area contributed by atoms with Gasteiger partial charge in [0.1, 0.15) is 23.1 Å². The van der Waals surface area contributed by atoms with Crippen LogP contribution in [0.15, 0.2) is 18.5 Å². The Kier molecular flexibility index (Phi) is 4.11. The first-order chi connectivity index (χ1) is 8.29. The average molecular weight is 271 g/mol. The topological polar surface area (TPSA) is 59.9 Å². The molecule has 0 bridgehead atoms. The monoisotopic (exact) mass is 270 g/mol. The van der Waals surface area contributed by atoms with Gasteiger partial charge in [0.05, 0.1) is 11.2 Å². The van der Waals surface area contributed by atoms with Crippen molar-refractivity contribution in [3.05, 3.63) is 29.2 Å². The van der Waals surface area contributed by atoms with Gasteiger partial charge in [0.15, 0.2) is 0 Å². The van der Waals surface area contributed by atoms with Gasteiger partial charge in [0.2, 0.25) is 0 Å². The van der Waals surface area contributed by atoms with E-state index in [1.54, 1.807) is 18.5 Å². The lowest BCUT2D eigenvalue weighted by Gasteiger charge is -2.05. The molecule has 0 fully saturated rings. The van der Waals surface area contributed by atoms with Crippen molar-refractivity contribution in [1.29, 1.82) is 0 Å². The van der Waals surface area contributed by atoms with E-state index in [4.69, 9.17) is 16.3 Å². The van der Waals surface area contributed by atoms with Gasteiger partial charge in [0, 0.05) is 30.3 Å². The van der Waals surface area contributed by atoms with Crippen LogP contribution in [0.5, 0.6) is 5.75 Å². The molecule has 0 radical (unpaired) electrons. The van der Waals surface area contributed by atoms with Crippen molar-refractivity contribution in [3.63, 3.8) is 0 Å². The standard InChI is InChI=1S/C10H11ClN4OS/c1-2-13-10-9(14-15-17-10)6-16-8-3-7(11)4-12-5-8/h3-5,13H,2,6H2,1H3. The van der Waals surface area contributed by atoms with Crippen molar-refractivity contribution in [2.45, 2.75) is 13.5 Å². The van der Waals surface area contributed by atoms with Gasteiger partial charge in [-0.25, -0.2) is 0 Å². The molecule has 17 heavy (non-hydrogen) atoms. The molecule has 0 unspecified atom stereocenters. The van der Waals surface area contributed by atoms with Gasteiger partial charge >= 0.3 is 0 Å². The lowest BCUT2D eigenvalue weighted by atomic mass is 10.4. The predicted octanol–water partition coefficient (Wildman–Crippen LogP) is 2.60. The molecule has 90 valence electrons. The van der Waals surface area contributed by atoms with E-state index >= 15 is 0 Å². The van der Waals surface area contributed by atoms with Crippen molar-refractivity contribution in [2.24, 2.45) is 0 Å². The van der Waals surface area contributed by atoms with Gasteiger partial charge in [-0.2, -0.15) is 0 Å². The van der Waals surface area contributed by atoms with Crippen LogP contribution in [-0.4, -0.2) is 21.1 Å². The van der Waals surface area contributed by atoms with E-state index in [1.807, 2.05) is 6.92 Å². The third-order valence-corrected chi connectivity index (χ3v) is 2.88. The molecule has 2 rings (SSSR count). The molecule has 0 aliphatic rings. The Morgan fingerprint density at radius 3 is 3.12 bits per heavy atom. The lowest BCUT2D eigenvalue weighted by molar-refractivity contribution is 0.300. The van der Waals surface area contributed by atoms with E-state index in [2.05, 4.69) is 19.9 Å². The van der Waals surface area contributed by atoms with E-state index < -0.39 is 0 Å². The second-order valence-electron chi connectivity index (χ2n) is 3.21. The summed E-state index contributed by atoms with van der Waals surface area (Å²) < 4.78 is 9.41. The highest BCUT2D eigenvalue weighted by Gasteiger charge is 2.07. The summed E-state index contributed by atoms with van der Waals surface area (Å²) in [6.45, 7) is 3.20. The normalized spacial score (nSPS) is 10.2. The first kappa shape index (κ1) is 12.1. The van der Waals surface area contributed by atoms with Crippen LogP contribution in [0.3, 0.4) is 0 Å². The molecule has 0 atom stereocenters. The molecule has 0 aliphatic carbocycles. The van der Waals surface area contributed by atoms with Crippen LogP contribution in [0.4, 0.5) is 5.00 Å². The number of nitrogens with zero attached hydrogens (tertiary/aromatic N) is 3.